The molecule has 1 aromatic rings. The molecule has 2 unspecified atom stereocenters. The topological polar surface area (TPSA) is 24.5 Å². The second kappa shape index (κ2) is 5.66. The molecule has 1 aliphatic heterocycles. The Bertz CT molecular complexity index is 472. The van der Waals surface area contributed by atoms with E-state index < -0.39 is 11.6 Å². The quantitative estimate of drug-likeness (QED) is 0.921. The summed E-state index contributed by atoms with van der Waals surface area (Å²) in [7, 11) is 1.76. The van der Waals surface area contributed by atoms with Gasteiger partial charge in [0.2, 0.25) is 0 Å². The minimum absolute atomic E-state index is 0.114. The molecule has 0 radical (unpaired) electrons. The predicted molar refractivity (Wildman–Crippen MR) is 73.8 cm³/mol. The second-order valence-corrected chi connectivity index (χ2v) is 5.54. The fraction of sp³-hybridized carbons (Fsp3) is 0.600. The number of rotatable bonds is 3. The van der Waals surface area contributed by atoms with Gasteiger partial charge < -0.3 is 15.0 Å². The van der Waals surface area contributed by atoms with Gasteiger partial charge >= 0.3 is 0 Å². The van der Waals surface area contributed by atoms with Gasteiger partial charge in [-0.1, -0.05) is 0 Å². The van der Waals surface area contributed by atoms with Crippen LogP contribution in [0.25, 0.3) is 0 Å². The number of hydrogen-bond acceptors (Lipinski definition) is 3. The van der Waals surface area contributed by atoms with Gasteiger partial charge in [-0.25, -0.2) is 8.78 Å². The highest BCUT2D eigenvalue weighted by Crippen LogP contribution is 2.35. The fourth-order valence-electron chi connectivity index (χ4n) is 3.40. The zero-order chi connectivity index (χ0) is 14.1. The van der Waals surface area contributed by atoms with Gasteiger partial charge in [0.25, 0.3) is 0 Å². The Morgan fingerprint density at radius 2 is 2.05 bits per heavy atom. The molecule has 1 heterocycles. The molecule has 3 rings (SSSR count). The Labute approximate surface area is 117 Å². The molecule has 5 heteroatoms. The number of nitrogens with zero attached hydrogens (tertiary/aromatic N) is 1. The number of morpholine rings is 1. The molecule has 1 saturated heterocycles. The number of ether oxygens (including phenoxy) is 1. The maximum absolute atomic E-state index is 14.3. The molecule has 2 aliphatic rings. The van der Waals surface area contributed by atoms with Gasteiger partial charge in [-0.2, -0.15) is 0 Å². The highest BCUT2D eigenvalue weighted by molar-refractivity contribution is 5.52. The van der Waals surface area contributed by atoms with Gasteiger partial charge in [0.15, 0.2) is 0 Å². The van der Waals surface area contributed by atoms with Crippen LogP contribution in [0.4, 0.5) is 14.5 Å². The van der Waals surface area contributed by atoms with Crippen LogP contribution in [0.2, 0.25) is 0 Å². The molecule has 0 bridgehead atoms. The van der Waals surface area contributed by atoms with Crippen LogP contribution in [0, 0.1) is 11.6 Å². The van der Waals surface area contributed by atoms with Gasteiger partial charge in [0.05, 0.1) is 18.8 Å². The third-order valence-electron chi connectivity index (χ3n) is 4.23. The molecule has 1 saturated carbocycles. The lowest BCUT2D eigenvalue weighted by molar-refractivity contribution is 0.0251. The first-order valence-corrected chi connectivity index (χ1v) is 7.21. The van der Waals surface area contributed by atoms with Crippen LogP contribution in [-0.2, 0) is 11.3 Å². The lowest BCUT2D eigenvalue weighted by Crippen LogP contribution is -2.49. The number of anilines is 1. The Morgan fingerprint density at radius 1 is 1.30 bits per heavy atom. The molecule has 0 aromatic heterocycles. The molecule has 0 spiro atoms. The first-order valence-electron chi connectivity index (χ1n) is 7.21. The zero-order valence-electron chi connectivity index (χ0n) is 11.7. The normalized spacial score (nSPS) is 25.9. The monoisotopic (exact) mass is 282 g/mol. The fourth-order valence-corrected chi connectivity index (χ4v) is 3.40. The summed E-state index contributed by atoms with van der Waals surface area (Å²) >= 11 is 0. The summed E-state index contributed by atoms with van der Waals surface area (Å²) in [4.78, 5) is 1.87. The number of nitrogens with one attached hydrogen (secondary N) is 1. The van der Waals surface area contributed by atoms with E-state index in [1.54, 1.807) is 7.05 Å². The Hall–Kier alpha value is -1.20. The van der Waals surface area contributed by atoms with Crippen molar-refractivity contribution in [1.29, 1.82) is 0 Å². The van der Waals surface area contributed by atoms with Crippen molar-refractivity contribution < 1.29 is 13.5 Å². The maximum atomic E-state index is 14.3. The lowest BCUT2D eigenvalue weighted by Gasteiger charge is -2.39. The summed E-state index contributed by atoms with van der Waals surface area (Å²) in [6.45, 7) is 1.56. The third kappa shape index (κ3) is 2.40. The average Bonchev–Trinajstić information content (AvgIpc) is 2.87. The minimum Gasteiger partial charge on any atom is -0.374 e. The molecule has 2 fully saturated rings. The molecule has 20 heavy (non-hydrogen) atoms. The van der Waals surface area contributed by atoms with E-state index in [2.05, 4.69) is 5.32 Å². The molecule has 1 aromatic carbocycles. The van der Waals surface area contributed by atoms with E-state index in [1.807, 2.05) is 4.90 Å². The van der Waals surface area contributed by atoms with Gasteiger partial charge in [0, 0.05) is 13.1 Å². The molecule has 1 N–H and O–H groups in total. The van der Waals surface area contributed by atoms with E-state index in [0.29, 0.717) is 25.3 Å². The van der Waals surface area contributed by atoms with E-state index in [-0.39, 0.29) is 17.8 Å². The first-order chi connectivity index (χ1) is 9.70. The van der Waals surface area contributed by atoms with Crippen LogP contribution >= 0.6 is 0 Å². The third-order valence-corrected chi connectivity index (χ3v) is 4.23. The molecule has 0 amide bonds. The van der Waals surface area contributed by atoms with Crippen LogP contribution in [0.3, 0.4) is 0 Å². The summed E-state index contributed by atoms with van der Waals surface area (Å²) in [5, 5.41) is 2.91. The van der Waals surface area contributed by atoms with Crippen molar-refractivity contribution in [2.45, 2.75) is 38.0 Å². The Morgan fingerprint density at radius 3 is 2.75 bits per heavy atom. The van der Waals surface area contributed by atoms with Crippen molar-refractivity contribution in [2.24, 2.45) is 0 Å². The van der Waals surface area contributed by atoms with E-state index in [4.69, 9.17) is 4.74 Å². The smallest absolute Gasteiger partial charge is 0.149 e. The van der Waals surface area contributed by atoms with Crippen molar-refractivity contribution in [3.63, 3.8) is 0 Å². The number of benzene rings is 1. The summed E-state index contributed by atoms with van der Waals surface area (Å²) in [5.41, 5.74) is 0.743. The second-order valence-electron chi connectivity index (χ2n) is 5.54. The number of hydrogen-bond donors (Lipinski definition) is 1. The molecular formula is C15H20F2N2O. The number of fused-ring (bicyclic) bond motifs is 1. The Balaban J connectivity index is 1.92. The first kappa shape index (κ1) is 13.8. The summed E-state index contributed by atoms with van der Waals surface area (Å²) in [5.74, 6) is -0.939. The van der Waals surface area contributed by atoms with E-state index in [1.165, 1.54) is 12.1 Å². The zero-order valence-corrected chi connectivity index (χ0v) is 11.7. The molecule has 3 nitrogen and oxygen atoms in total. The molecule has 110 valence electrons. The number of halogens is 2. The van der Waals surface area contributed by atoms with Gasteiger partial charge in [0.1, 0.15) is 17.3 Å². The lowest BCUT2D eigenvalue weighted by atomic mass is 10.1. The van der Waals surface area contributed by atoms with Crippen molar-refractivity contribution in [1.82, 2.24) is 5.32 Å². The predicted octanol–water partition coefficient (Wildman–Crippen LogP) is 2.44. The highest BCUT2D eigenvalue weighted by atomic mass is 19.1. The van der Waals surface area contributed by atoms with Crippen molar-refractivity contribution in [2.75, 3.05) is 25.1 Å². The van der Waals surface area contributed by atoms with Crippen LogP contribution in [0.1, 0.15) is 24.8 Å². The summed E-state index contributed by atoms with van der Waals surface area (Å²) in [6.07, 6.45) is 3.12. The van der Waals surface area contributed by atoms with Crippen LogP contribution in [0.15, 0.2) is 12.1 Å². The maximum Gasteiger partial charge on any atom is 0.149 e. The van der Waals surface area contributed by atoms with Crippen LogP contribution in [0.5, 0.6) is 0 Å². The van der Waals surface area contributed by atoms with Crippen molar-refractivity contribution in [3.05, 3.63) is 29.3 Å². The molecular weight excluding hydrogens is 262 g/mol. The Kier molecular flexibility index (Phi) is 3.89. The highest BCUT2D eigenvalue weighted by Gasteiger charge is 2.38. The van der Waals surface area contributed by atoms with Gasteiger partial charge in [-0.15, -0.1) is 0 Å². The standard InChI is InChI=1S/C15H20F2N2O/c1-18-9-10-7-11(16)15(12(17)8-10)19-5-6-20-14-4-2-3-13(14)19/h7-8,13-14,18H,2-6,9H2,1H3. The van der Waals surface area contributed by atoms with Crippen molar-refractivity contribution >= 4 is 5.69 Å². The largest absolute Gasteiger partial charge is 0.374 e. The van der Waals surface area contributed by atoms with E-state index in [0.717, 1.165) is 19.3 Å². The summed E-state index contributed by atoms with van der Waals surface area (Å²) in [6, 6.07) is 2.96. The average molecular weight is 282 g/mol. The SMILES string of the molecule is CNCc1cc(F)c(N2CCOC3CCCC32)c(F)c1. The van der Waals surface area contributed by atoms with Gasteiger partial charge in [-0.05, 0) is 44.0 Å². The molecule has 1 aliphatic carbocycles. The van der Waals surface area contributed by atoms with Crippen LogP contribution in [-0.4, -0.2) is 32.3 Å². The summed E-state index contributed by atoms with van der Waals surface area (Å²) < 4.78 is 34.4. The van der Waals surface area contributed by atoms with E-state index >= 15 is 0 Å². The van der Waals surface area contributed by atoms with Crippen LogP contribution < -0.4 is 10.2 Å². The minimum atomic E-state index is -0.470. The van der Waals surface area contributed by atoms with E-state index in [9.17, 15) is 8.78 Å². The molecule has 2 atom stereocenters. The van der Waals surface area contributed by atoms with Crippen molar-refractivity contribution in [3.8, 4) is 0 Å². The van der Waals surface area contributed by atoms with Gasteiger partial charge in [-0.3, -0.25) is 0 Å².